The number of hydrogen-bond donors (Lipinski definition) is 0. The van der Waals surface area contributed by atoms with Crippen molar-refractivity contribution in [3.05, 3.63) is 54.3 Å². The van der Waals surface area contributed by atoms with Gasteiger partial charge in [-0.05, 0) is 30.2 Å². The molecule has 1 saturated heterocycles. The first-order valence-corrected chi connectivity index (χ1v) is 9.60. The van der Waals surface area contributed by atoms with Gasteiger partial charge in [-0.1, -0.05) is 38.1 Å². The third kappa shape index (κ3) is 3.78. The summed E-state index contributed by atoms with van der Waals surface area (Å²) in [6, 6.07) is 14.7. The summed E-state index contributed by atoms with van der Waals surface area (Å²) in [4.78, 5) is 4.85. The molecule has 0 unspecified atom stereocenters. The zero-order chi connectivity index (χ0) is 18.8. The first-order valence-electron chi connectivity index (χ1n) is 9.60. The zero-order valence-electron chi connectivity index (χ0n) is 15.9. The van der Waals surface area contributed by atoms with Crippen LogP contribution in [0.1, 0.15) is 13.8 Å². The Kier molecular flexibility index (Phi) is 5.03. The highest BCUT2D eigenvalue weighted by molar-refractivity contribution is 6.00. The molecule has 2 aromatic carbocycles. The molecule has 27 heavy (non-hydrogen) atoms. The van der Waals surface area contributed by atoms with Crippen molar-refractivity contribution in [2.75, 3.05) is 37.6 Å². The van der Waals surface area contributed by atoms with Gasteiger partial charge in [0.1, 0.15) is 11.5 Å². The van der Waals surface area contributed by atoms with Crippen LogP contribution in [0.2, 0.25) is 0 Å². The number of nitrogens with zero attached hydrogens (tertiary/aromatic N) is 4. The van der Waals surface area contributed by atoms with E-state index in [2.05, 4.69) is 46.0 Å². The van der Waals surface area contributed by atoms with Gasteiger partial charge in [-0.25, -0.2) is 4.39 Å². The Balaban J connectivity index is 1.66. The van der Waals surface area contributed by atoms with Crippen LogP contribution in [0.15, 0.2) is 48.5 Å². The lowest BCUT2D eigenvalue weighted by molar-refractivity contribution is 0.231. The summed E-state index contributed by atoms with van der Waals surface area (Å²) >= 11 is 0. The monoisotopic (exact) mass is 364 g/mol. The largest absolute Gasteiger partial charge is 0.352 e. The maximum atomic E-state index is 13.3. The van der Waals surface area contributed by atoms with Gasteiger partial charge in [-0.2, -0.15) is 0 Å². The van der Waals surface area contributed by atoms with E-state index in [0.717, 1.165) is 60.6 Å². The van der Waals surface area contributed by atoms with Crippen LogP contribution in [0, 0.1) is 11.7 Å². The van der Waals surface area contributed by atoms with Gasteiger partial charge < -0.3 is 4.90 Å². The number of anilines is 1. The highest BCUT2D eigenvalue weighted by atomic mass is 19.1. The van der Waals surface area contributed by atoms with Gasteiger partial charge >= 0.3 is 0 Å². The topological polar surface area (TPSA) is 32.3 Å². The molecule has 0 radical (unpaired) electrons. The Morgan fingerprint density at radius 2 is 1.56 bits per heavy atom. The summed E-state index contributed by atoms with van der Waals surface area (Å²) in [5, 5.41) is 11.3. The fourth-order valence-corrected chi connectivity index (χ4v) is 3.80. The van der Waals surface area contributed by atoms with Gasteiger partial charge in [0.15, 0.2) is 5.82 Å². The second kappa shape index (κ2) is 7.61. The predicted octanol–water partition coefficient (Wildman–Crippen LogP) is 4.21. The molecule has 0 amide bonds. The molecule has 1 aliphatic rings. The van der Waals surface area contributed by atoms with Gasteiger partial charge in [0.25, 0.3) is 0 Å². The number of halogens is 1. The van der Waals surface area contributed by atoms with Crippen molar-refractivity contribution < 1.29 is 4.39 Å². The maximum absolute atomic E-state index is 13.3. The molecule has 0 aliphatic carbocycles. The van der Waals surface area contributed by atoms with E-state index in [1.165, 1.54) is 12.1 Å². The van der Waals surface area contributed by atoms with Crippen LogP contribution >= 0.6 is 0 Å². The zero-order valence-corrected chi connectivity index (χ0v) is 15.9. The average molecular weight is 364 g/mol. The fraction of sp³-hybridized carbons (Fsp3) is 0.364. The molecule has 5 heteroatoms. The van der Waals surface area contributed by atoms with E-state index in [1.807, 2.05) is 12.1 Å². The molecule has 140 valence electrons. The van der Waals surface area contributed by atoms with E-state index in [4.69, 9.17) is 0 Å². The van der Waals surface area contributed by atoms with Crippen LogP contribution in [0.3, 0.4) is 0 Å². The average Bonchev–Trinajstić information content (AvgIpc) is 2.68. The van der Waals surface area contributed by atoms with Crippen LogP contribution in [-0.2, 0) is 0 Å². The first-order chi connectivity index (χ1) is 13.1. The molecule has 4 nitrogen and oxygen atoms in total. The van der Waals surface area contributed by atoms with Crippen molar-refractivity contribution in [3.63, 3.8) is 0 Å². The minimum absolute atomic E-state index is 0.244. The van der Waals surface area contributed by atoms with E-state index in [1.54, 1.807) is 12.1 Å². The standard InChI is InChI=1S/C22H25FN4/c1-16(2)15-26-11-13-27(14-12-26)22-20-6-4-3-5-19(20)21(24-25-22)17-7-9-18(23)10-8-17/h3-10,16H,11-15H2,1-2H3. The van der Waals surface area contributed by atoms with Crippen LogP contribution in [0.5, 0.6) is 0 Å². The van der Waals surface area contributed by atoms with E-state index in [0.29, 0.717) is 5.92 Å². The summed E-state index contributed by atoms with van der Waals surface area (Å²) in [5.74, 6) is 1.39. The lowest BCUT2D eigenvalue weighted by Crippen LogP contribution is -2.47. The SMILES string of the molecule is CC(C)CN1CCN(c2nnc(-c3ccc(F)cc3)c3ccccc23)CC1. The van der Waals surface area contributed by atoms with Crippen molar-refractivity contribution in [3.8, 4) is 11.3 Å². The lowest BCUT2D eigenvalue weighted by Gasteiger charge is -2.36. The molecule has 2 heterocycles. The third-order valence-electron chi connectivity index (χ3n) is 5.08. The summed E-state index contributed by atoms with van der Waals surface area (Å²) in [5.41, 5.74) is 1.68. The smallest absolute Gasteiger partial charge is 0.159 e. The number of rotatable bonds is 4. The van der Waals surface area contributed by atoms with E-state index >= 15 is 0 Å². The molecule has 0 spiro atoms. The predicted molar refractivity (Wildman–Crippen MR) is 108 cm³/mol. The number of fused-ring (bicyclic) bond motifs is 1. The molecular formula is C22H25FN4. The third-order valence-corrected chi connectivity index (χ3v) is 5.08. The van der Waals surface area contributed by atoms with Gasteiger partial charge in [-0.15, -0.1) is 10.2 Å². The second-order valence-electron chi connectivity index (χ2n) is 7.61. The molecule has 1 aliphatic heterocycles. The summed E-state index contributed by atoms with van der Waals surface area (Å²) in [6.45, 7) is 9.69. The summed E-state index contributed by atoms with van der Waals surface area (Å²) < 4.78 is 13.3. The number of piperazine rings is 1. The quantitative estimate of drug-likeness (QED) is 0.694. The van der Waals surface area contributed by atoms with Gasteiger partial charge in [0, 0.05) is 49.1 Å². The molecule has 1 aromatic heterocycles. The molecule has 0 bridgehead atoms. The number of hydrogen-bond acceptors (Lipinski definition) is 4. The fourth-order valence-electron chi connectivity index (χ4n) is 3.80. The Hall–Kier alpha value is -2.53. The van der Waals surface area contributed by atoms with E-state index in [-0.39, 0.29) is 5.82 Å². The van der Waals surface area contributed by atoms with E-state index in [9.17, 15) is 4.39 Å². The summed E-state index contributed by atoms with van der Waals surface area (Å²) in [7, 11) is 0. The second-order valence-corrected chi connectivity index (χ2v) is 7.61. The van der Waals surface area contributed by atoms with Crippen LogP contribution in [0.4, 0.5) is 10.2 Å². The molecule has 0 N–H and O–H groups in total. The normalized spacial score (nSPS) is 15.6. The van der Waals surface area contributed by atoms with Crippen LogP contribution < -0.4 is 4.90 Å². The van der Waals surface area contributed by atoms with E-state index < -0.39 is 0 Å². The Morgan fingerprint density at radius 1 is 0.889 bits per heavy atom. The number of benzene rings is 2. The summed E-state index contributed by atoms with van der Waals surface area (Å²) in [6.07, 6.45) is 0. The van der Waals surface area contributed by atoms with Crippen molar-refractivity contribution in [2.45, 2.75) is 13.8 Å². The highest BCUT2D eigenvalue weighted by Crippen LogP contribution is 2.31. The minimum Gasteiger partial charge on any atom is -0.352 e. The molecular weight excluding hydrogens is 339 g/mol. The Bertz CT molecular complexity index is 915. The van der Waals surface area contributed by atoms with Gasteiger partial charge in [0.2, 0.25) is 0 Å². The molecule has 1 fully saturated rings. The minimum atomic E-state index is -0.244. The Labute approximate surface area is 159 Å². The maximum Gasteiger partial charge on any atom is 0.159 e. The first kappa shape index (κ1) is 17.9. The highest BCUT2D eigenvalue weighted by Gasteiger charge is 2.21. The van der Waals surface area contributed by atoms with Crippen molar-refractivity contribution in [1.29, 1.82) is 0 Å². The molecule has 0 saturated carbocycles. The lowest BCUT2D eigenvalue weighted by atomic mass is 10.0. The molecule has 0 atom stereocenters. The van der Waals surface area contributed by atoms with Crippen LogP contribution in [-0.4, -0.2) is 47.8 Å². The van der Waals surface area contributed by atoms with Crippen LogP contribution in [0.25, 0.3) is 22.0 Å². The van der Waals surface area contributed by atoms with Gasteiger partial charge in [-0.3, -0.25) is 4.90 Å². The van der Waals surface area contributed by atoms with Crippen molar-refractivity contribution in [1.82, 2.24) is 15.1 Å². The van der Waals surface area contributed by atoms with Crippen molar-refractivity contribution >= 4 is 16.6 Å². The molecule has 3 aromatic rings. The Morgan fingerprint density at radius 3 is 2.22 bits per heavy atom. The molecule has 4 rings (SSSR count). The van der Waals surface area contributed by atoms with Crippen molar-refractivity contribution in [2.24, 2.45) is 5.92 Å². The van der Waals surface area contributed by atoms with Gasteiger partial charge in [0.05, 0.1) is 0 Å². The number of aromatic nitrogens is 2.